The van der Waals surface area contributed by atoms with Crippen molar-refractivity contribution in [2.24, 2.45) is 5.73 Å². The molecular weight excluding hydrogens is 165 g/mol. The van der Waals surface area contributed by atoms with E-state index < -0.39 is 6.67 Å². The molecule has 0 spiro atoms. The summed E-state index contributed by atoms with van der Waals surface area (Å²) in [7, 11) is 0. The second-order valence-corrected chi connectivity index (χ2v) is 2.16. The number of alkyl halides is 1. The molecule has 0 unspecified atom stereocenters. The fraction of sp³-hybridized carbons (Fsp3) is 0.250. The van der Waals surface area contributed by atoms with Crippen LogP contribution in [0.1, 0.15) is 11.1 Å². The first-order valence-electron chi connectivity index (χ1n) is 3.20. The van der Waals surface area contributed by atoms with Crippen LogP contribution >= 0.6 is 12.4 Å². The first kappa shape index (κ1) is 10.4. The highest BCUT2D eigenvalue weighted by Gasteiger charge is 1.91. The molecule has 3 heteroatoms. The number of rotatable bonds is 2. The Kier molecular flexibility index (Phi) is 4.83. The minimum absolute atomic E-state index is 0. The molecule has 0 heterocycles. The van der Waals surface area contributed by atoms with Crippen molar-refractivity contribution in [3.05, 3.63) is 35.4 Å². The molecule has 1 rings (SSSR count). The van der Waals surface area contributed by atoms with E-state index in [0.717, 1.165) is 5.56 Å². The fourth-order valence-electron chi connectivity index (χ4n) is 0.840. The number of nitrogens with two attached hydrogens (primary N) is 1. The molecule has 0 bridgehead atoms. The van der Waals surface area contributed by atoms with Crippen LogP contribution in [0.4, 0.5) is 4.39 Å². The maximum Gasteiger partial charge on any atom is 0.115 e. The van der Waals surface area contributed by atoms with Gasteiger partial charge in [0.25, 0.3) is 0 Å². The van der Waals surface area contributed by atoms with E-state index in [4.69, 9.17) is 5.73 Å². The Morgan fingerprint density at radius 1 is 1.27 bits per heavy atom. The van der Waals surface area contributed by atoms with Gasteiger partial charge in [0.2, 0.25) is 0 Å². The van der Waals surface area contributed by atoms with E-state index in [1.807, 2.05) is 12.1 Å². The van der Waals surface area contributed by atoms with Crippen molar-refractivity contribution in [2.75, 3.05) is 0 Å². The highest BCUT2D eigenvalue weighted by molar-refractivity contribution is 5.85. The molecule has 0 fully saturated rings. The second kappa shape index (κ2) is 5.10. The molecular formula is C8H11ClFN. The van der Waals surface area contributed by atoms with Crippen LogP contribution < -0.4 is 5.73 Å². The standard InChI is InChI=1S/C8H10FN.ClH/c9-5-7-2-1-3-8(4-7)6-10;/h1-4H,5-6,10H2;1H. The predicted octanol–water partition coefficient (Wildman–Crippen LogP) is 2.04. The van der Waals surface area contributed by atoms with Crippen LogP contribution in [0.25, 0.3) is 0 Å². The first-order chi connectivity index (χ1) is 4.86. The lowest BCUT2D eigenvalue weighted by atomic mass is 10.1. The summed E-state index contributed by atoms with van der Waals surface area (Å²) in [6.07, 6.45) is 0. The minimum atomic E-state index is -0.409. The smallest absolute Gasteiger partial charge is 0.115 e. The van der Waals surface area contributed by atoms with Crippen molar-refractivity contribution in [1.29, 1.82) is 0 Å². The Morgan fingerprint density at radius 3 is 2.45 bits per heavy atom. The second-order valence-electron chi connectivity index (χ2n) is 2.16. The van der Waals surface area contributed by atoms with Crippen molar-refractivity contribution in [2.45, 2.75) is 13.2 Å². The molecule has 0 amide bonds. The molecule has 11 heavy (non-hydrogen) atoms. The molecule has 0 radical (unpaired) electrons. The van der Waals surface area contributed by atoms with Crippen LogP contribution in [0.3, 0.4) is 0 Å². The molecule has 2 N–H and O–H groups in total. The highest BCUT2D eigenvalue weighted by Crippen LogP contribution is 2.05. The van der Waals surface area contributed by atoms with Crippen molar-refractivity contribution in [3.8, 4) is 0 Å². The van der Waals surface area contributed by atoms with Crippen LogP contribution in [0, 0.1) is 0 Å². The van der Waals surface area contributed by atoms with E-state index in [-0.39, 0.29) is 12.4 Å². The van der Waals surface area contributed by atoms with Gasteiger partial charge in [-0.2, -0.15) is 0 Å². The normalized spacial score (nSPS) is 8.91. The van der Waals surface area contributed by atoms with Crippen molar-refractivity contribution in [3.63, 3.8) is 0 Å². The van der Waals surface area contributed by atoms with Gasteiger partial charge in [-0.25, -0.2) is 4.39 Å². The topological polar surface area (TPSA) is 26.0 Å². The first-order valence-corrected chi connectivity index (χ1v) is 3.20. The Labute approximate surface area is 71.8 Å². The van der Waals surface area contributed by atoms with Crippen molar-refractivity contribution in [1.82, 2.24) is 0 Å². The van der Waals surface area contributed by atoms with Crippen molar-refractivity contribution < 1.29 is 4.39 Å². The van der Waals surface area contributed by atoms with Crippen LogP contribution in [-0.4, -0.2) is 0 Å². The minimum Gasteiger partial charge on any atom is -0.326 e. The summed E-state index contributed by atoms with van der Waals surface area (Å²) in [5.41, 5.74) is 7.03. The van der Waals surface area contributed by atoms with Gasteiger partial charge in [0.05, 0.1) is 0 Å². The van der Waals surface area contributed by atoms with E-state index in [9.17, 15) is 4.39 Å². The summed E-state index contributed by atoms with van der Waals surface area (Å²) in [6.45, 7) is 0.0711. The number of hydrogen-bond donors (Lipinski definition) is 1. The average Bonchev–Trinajstić information content (AvgIpc) is 2.05. The Bertz CT molecular complexity index is 196. The van der Waals surface area contributed by atoms with Gasteiger partial charge < -0.3 is 5.73 Å². The lowest BCUT2D eigenvalue weighted by molar-refractivity contribution is 0.485. The average molecular weight is 176 g/mol. The number of benzene rings is 1. The molecule has 0 aliphatic heterocycles. The van der Waals surface area contributed by atoms with Crippen LogP contribution in [0.5, 0.6) is 0 Å². The number of hydrogen-bond acceptors (Lipinski definition) is 1. The third-order valence-electron chi connectivity index (χ3n) is 1.38. The Morgan fingerprint density at radius 2 is 1.91 bits per heavy atom. The van der Waals surface area contributed by atoms with Gasteiger partial charge in [-0.05, 0) is 11.1 Å². The molecule has 0 saturated heterocycles. The van der Waals surface area contributed by atoms with Gasteiger partial charge in [-0.1, -0.05) is 24.3 Å². The van der Waals surface area contributed by atoms with E-state index in [1.54, 1.807) is 12.1 Å². The largest absolute Gasteiger partial charge is 0.326 e. The monoisotopic (exact) mass is 175 g/mol. The maximum absolute atomic E-state index is 12.0. The summed E-state index contributed by atoms with van der Waals surface area (Å²) >= 11 is 0. The third kappa shape index (κ3) is 2.87. The van der Waals surface area contributed by atoms with Crippen molar-refractivity contribution >= 4 is 12.4 Å². The van der Waals surface area contributed by atoms with Crippen LogP contribution in [-0.2, 0) is 13.2 Å². The summed E-state index contributed by atoms with van der Waals surface area (Å²) < 4.78 is 12.0. The van der Waals surface area contributed by atoms with Gasteiger partial charge >= 0.3 is 0 Å². The van der Waals surface area contributed by atoms with E-state index in [1.165, 1.54) is 0 Å². The van der Waals surface area contributed by atoms with Crippen LogP contribution in [0.15, 0.2) is 24.3 Å². The summed E-state index contributed by atoms with van der Waals surface area (Å²) in [4.78, 5) is 0. The molecule has 62 valence electrons. The van der Waals surface area contributed by atoms with Gasteiger partial charge in [0.1, 0.15) is 6.67 Å². The molecule has 1 aromatic rings. The van der Waals surface area contributed by atoms with E-state index >= 15 is 0 Å². The Hall–Kier alpha value is -0.600. The summed E-state index contributed by atoms with van der Waals surface area (Å²) in [6, 6.07) is 7.23. The predicted molar refractivity (Wildman–Crippen MR) is 46.4 cm³/mol. The Balaban J connectivity index is 0.000001000. The SMILES string of the molecule is Cl.NCc1cccc(CF)c1. The zero-order chi connectivity index (χ0) is 7.40. The van der Waals surface area contributed by atoms with Gasteiger partial charge in [0, 0.05) is 6.54 Å². The molecule has 0 saturated carbocycles. The zero-order valence-electron chi connectivity index (χ0n) is 6.09. The zero-order valence-corrected chi connectivity index (χ0v) is 6.90. The fourth-order valence-corrected chi connectivity index (χ4v) is 0.840. The van der Waals surface area contributed by atoms with Gasteiger partial charge in [0.15, 0.2) is 0 Å². The van der Waals surface area contributed by atoms with Gasteiger partial charge in [-0.15, -0.1) is 12.4 Å². The highest BCUT2D eigenvalue weighted by atomic mass is 35.5. The van der Waals surface area contributed by atoms with Gasteiger partial charge in [-0.3, -0.25) is 0 Å². The van der Waals surface area contributed by atoms with E-state index in [0.29, 0.717) is 12.1 Å². The third-order valence-corrected chi connectivity index (χ3v) is 1.38. The molecule has 0 aromatic heterocycles. The molecule has 0 aliphatic carbocycles. The molecule has 0 atom stereocenters. The lowest BCUT2D eigenvalue weighted by Crippen LogP contribution is -1.96. The van der Waals surface area contributed by atoms with E-state index in [2.05, 4.69) is 0 Å². The summed E-state index contributed by atoms with van der Waals surface area (Å²) in [5.74, 6) is 0. The quantitative estimate of drug-likeness (QED) is 0.732. The number of halogens is 2. The molecule has 0 aliphatic rings. The lowest BCUT2D eigenvalue weighted by Gasteiger charge is -1.97. The van der Waals surface area contributed by atoms with Crippen LogP contribution in [0.2, 0.25) is 0 Å². The molecule has 1 aromatic carbocycles. The molecule has 1 nitrogen and oxygen atoms in total. The maximum atomic E-state index is 12.0. The summed E-state index contributed by atoms with van der Waals surface area (Å²) in [5, 5.41) is 0.